The first-order chi connectivity index (χ1) is 13.8. The van der Waals surface area contributed by atoms with Crippen LogP contribution in [-0.4, -0.2) is 61.1 Å². The average molecular weight is 415 g/mol. The number of hydrogen-bond acceptors (Lipinski definition) is 5. The molecule has 0 heterocycles. The van der Waals surface area contributed by atoms with Crippen molar-refractivity contribution in [3.8, 4) is 0 Å². The first-order valence-electron chi connectivity index (χ1n) is 9.16. The lowest BCUT2D eigenvalue weighted by molar-refractivity contribution is -0.133. The fraction of sp³-hybridized carbons (Fsp3) is 0.318. The van der Waals surface area contributed by atoms with Crippen molar-refractivity contribution < 1.29 is 19.1 Å². The number of hydrogen-bond donors (Lipinski definition) is 0. The van der Waals surface area contributed by atoms with Crippen LogP contribution < -0.4 is 0 Å². The van der Waals surface area contributed by atoms with Gasteiger partial charge in [-0.05, 0) is 24.6 Å². The number of rotatable bonds is 8. The molecule has 0 fully saturated rings. The molecule has 0 spiro atoms. The summed E-state index contributed by atoms with van der Waals surface area (Å²) >= 11 is 1.27. The van der Waals surface area contributed by atoms with Crippen molar-refractivity contribution in [2.75, 3.05) is 33.5 Å². The molecule has 0 bridgehead atoms. The van der Waals surface area contributed by atoms with Crippen LogP contribution in [0.5, 0.6) is 0 Å². The second kappa shape index (κ2) is 10.7. The molecule has 2 aromatic rings. The third kappa shape index (κ3) is 6.94. The summed E-state index contributed by atoms with van der Waals surface area (Å²) in [4.78, 5) is 40.2. The number of thioether (sulfide) groups is 1. The Hall–Kier alpha value is -2.80. The molecule has 29 heavy (non-hydrogen) atoms. The first-order valence-corrected chi connectivity index (χ1v) is 10.1. The molecular formula is C22H26N2O4S. The highest BCUT2D eigenvalue weighted by Crippen LogP contribution is 2.23. The Morgan fingerprint density at radius 1 is 0.931 bits per heavy atom. The summed E-state index contributed by atoms with van der Waals surface area (Å²) in [5.41, 5.74) is 2.50. The van der Waals surface area contributed by atoms with Gasteiger partial charge in [-0.25, -0.2) is 4.79 Å². The number of nitrogens with zero attached hydrogens (tertiary/aromatic N) is 2. The van der Waals surface area contributed by atoms with Gasteiger partial charge in [0.05, 0.1) is 11.3 Å². The topological polar surface area (TPSA) is 66.9 Å². The minimum Gasteiger partial charge on any atom is -0.452 e. The molecule has 0 unspecified atom stereocenters. The van der Waals surface area contributed by atoms with Crippen molar-refractivity contribution in [1.29, 1.82) is 0 Å². The summed E-state index contributed by atoms with van der Waals surface area (Å²) in [6.07, 6.45) is 0. The number of carbonyl (C=O) groups is 3. The molecule has 2 amide bonds. The molecule has 0 aliphatic carbocycles. The number of likely N-dealkylation sites (N-methyl/N-ethyl adjacent to an activating group) is 1. The molecule has 2 aromatic carbocycles. The van der Waals surface area contributed by atoms with Crippen LogP contribution in [0.25, 0.3) is 0 Å². The maximum Gasteiger partial charge on any atom is 0.339 e. The zero-order valence-corrected chi connectivity index (χ0v) is 18.0. The van der Waals surface area contributed by atoms with E-state index in [2.05, 4.69) is 0 Å². The maximum absolute atomic E-state index is 12.5. The van der Waals surface area contributed by atoms with E-state index in [1.165, 1.54) is 21.6 Å². The van der Waals surface area contributed by atoms with Gasteiger partial charge in [0.15, 0.2) is 6.61 Å². The molecule has 7 heteroatoms. The average Bonchev–Trinajstić information content (AvgIpc) is 2.71. The van der Waals surface area contributed by atoms with Gasteiger partial charge < -0.3 is 14.5 Å². The van der Waals surface area contributed by atoms with E-state index < -0.39 is 5.97 Å². The van der Waals surface area contributed by atoms with Gasteiger partial charge in [0, 0.05) is 32.6 Å². The fourth-order valence-corrected chi connectivity index (χ4v) is 3.42. The molecule has 0 aromatic heterocycles. The van der Waals surface area contributed by atoms with Gasteiger partial charge in [-0.3, -0.25) is 9.59 Å². The van der Waals surface area contributed by atoms with E-state index >= 15 is 0 Å². The maximum atomic E-state index is 12.5. The third-order valence-corrected chi connectivity index (χ3v) is 5.31. The standard InChI is InChI=1S/C22H26N2O4S/c1-16-9-11-17(12-10-16)13-24(4)20(25)14-28-22(27)18-7-5-6-8-19(18)29-15-21(26)23(2)3/h5-12H,13-15H2,1-4H3. The predicted molar refractivity (Wildman–Crippen MR) is 114 cm³/mol. The van der Waals surface area contributed by atoms with Gasteiger partial charge in [0.2, 0.25) is 5.91 Å². The highest BCUT2D eigenvalue weighted by molar-refractivity contribution is 8.00. The van der Waals surface area contributed by atoms with E-state index in [0.29, 0.717) is 17.0 Å². The Morgan fingerprint density at radius 3 is 2.24 bits per heavy atom. The minimum atomic E-state index is -0.581. The van der Waals surface area contributed by atoms with Crippen LogP contribution in [0.3, 0.4) is 0 Å². The van der Waals surface area contributed by atoms with Gasteiger partial charge in [0.25, 0.3) is 5.91 Å². The molecule has 0 N–H and O–H groups in total. The smallest absolute Gasteiger partial charge is 0.339 e. The van der Waals surface area contributed by atoms with Crippen LogP contribution in [0.1, 0.15) is 21.5 Å². The number of amides is 2. The Bertz CT molecular complexity index is 865. The van der Waals surface area contributed by atoms with Crippen molar-refractivity contribution in [3.05, 3.63) is 65.2 Å². The predicted octanol–water partition coefficient (Wildman–Crippen LogP) is 2.99. The van der Waals surface area contributed by atoms with Gasteiger partial charge in [-0.1, -0.05) is 42.0 Å². The number of ether oxygens (including phenoxy) is 1. The van der Waals surface area contributed by atoms with Crippen LogP contribution >= 0.6 is 11.8 Å². The van der Waals surface area contributed by atoms with E-state index in [4.69, 9.17) is 4.74 Å². The quantitative estimate of drug-likeness (QED) is 0.491. The Morgan fingerprint density at radius 2 is 1.59 bits per heavy atom. The highest BCUT2D eigenvalue weighted by Gasteiger charge is 2.17. The van der Waals surface area contributed by atoms with Crippen molar-refractivity contribution in [1.82, 2.24) is 9.80 Å². The largest absolute Gasteiger partial charge is 0.452 e. The molecule has 6 nitrogen and oxygen atoms in total. The molecule has 2 rings (SSSR count). The van der Waals surface area contributed by atoms with E-state index in [1.54, 1.807) is 45.4 Å². The van der Waals surface area contributed by atoms with Gasteiger partial charge >= 0.3 is 5.97 Å². The summed E-state index contributed by atoms with van der Waals surface area (Å²) in [5, 5.41) is 0. The number of esters is 1. The Balaban J connectivity index is 1.92. The highest BCUT2D eigenvalue weighted by atomic mass is 32.2. The number of aryl methyl sites for hydroxylation is 1. The monoisotopic (exact) mass is 414 g/mol. The lowest BCUT2D eigenvalue weighted by Gasteiger charge is -2.17. The molecule has 0 aliphatic rings. The van der Waals surface area contributed by atoms with E-state index in [-0.39, 0.29) is 24.2 Å². The zero-order chi connectivity index (χ0) is 21.4. The Kier molecular flexibility index (Phi) is 8.27. The van der Waals surface area contributed by atoms with Crippen molar-refractivity contribution >= 4 is 29.5 Å². The van der Waals surface area contributed by atoms with Gasteiger partial charge in [-0.15, -0.1) is 11.8 Å². The molecular weight excluding hydrogens is 388 g/mol. The molecule has 0 saturated carbocycles. The van der Waals surface area contributed by atoms with Crippen LogP contribution in [-0.2, 0) is 20.9 Å². The van der Waals surface area contributed by atoms with Crippen LogP contribution in [0.4, 0.5) is 0 Å². The molecule has 0 radical (unpaired) electrons. The van der Waals surface area contributed by atoms with Crippen molar-refractivity contribution in [2.45, 2.75) is 18.4 Å². The lowest BCUT2D eigenvalue weighted by atomic mass is 10.1. The zero-order valence-electron chi connectivity index (χ0n) is 17.2. The lowest BCUT2D eigenvalue weighted by Crippen LogP contribution is -2.30. The van der Waals surface area contributed by atoms with E-state index in [1.807, 2.05) is 31.2 Å². The molecule has 0 saturated heterocycles. The minimum absolute atomic E-state index is 0.0499. The molecule has 0 aliphatic heterocycles. The summed E-state index contributed by atoms with van der Waals surface area (Å²) in [6, 6.07) is 14.8. The van der Waals surface area contributed by atoms with Crippen LogP contribution in [0, 0.1) is 6.92 Å². The van der Waals surface area contributed by atoms with Gasteiger partial charge in [0.1, 0.15) is 0 Å². The Labute approximate surface area is 175 Å². The number of carbonyl (C=O) groups excluding carboxylic acids is 3. The normalized spacial score (nSPS) is 10.3. The van der Waals surface area contributed by atoms with Crippen LogP contribution in [0.2, 0.25) is 0 Å². The second-order valence-electron chi connectivity index (χ2n) is 6.88. The first kappa shape index (κ1) is 22.5. The molecule has 0 atom stereocenters. The molecule has 154 valence electrons. The SMILES string of the molecule is Cc1ccc(CN(C)C(=O)COC(=O)c2ccccc2SCC(=O)N(C)C)cc1. The van der Waals surface area contributed by atoms with E-state index in [9.17, 15) is 14.4 Å². The summed E-state index contributed by atoms with van der Waals surface area (Å²) in [5.74, 6) is -0.699. The fourth-order valence-electron chi connectivity index (χ4n) is 2.40. The van der Waals surface area contributed by atoms with Crippen molar-refractivity contribution in [3.63, 3.8) is 0 Å². The van der Waals surface area contributed by atoms with E-state index in [0.717, 1.165) is 11.1 Å². The van der Waals surface area contributed by atoms with Crippen molar-refractivity contribution in [2.24, 2.45) is 0 Å². The van der Waals surface area contributed by atoms with Crippen LogP contribution in [0.15, 0.2) is 53.4 Å². The third-order valence-electron chi connectivity index (χ3n) is 4.25. The summed E-state index contributed by atoms with van der Waals surface area (Å²) < 4.78 is 5.22. The number of benzene rings is 2. The van der Waals surface area contributed by atoms with Gasteiger partial charge in [-0.2, -0.15) is 0 Å². The summed E-state index contributed by atoms with van der Waals surface area (Å²) in [6.45, 7) is 2.11. The second-order valence-corrected chi connectivity index (χ2v) is 7.90. The summed E-state index contributed by atoms with van der Waals surface area (Å²) in [7, 11) is 5.04.